The second-order valence-corrected chi connectivity index (χ2v) is 7.27. The Morgan fingerprint density at radius 3 is 2.86 bits per heavy atom. The molecule has 1 aliphatic carbocycles. The Morgan fingerprint density at radius 1 is 1.23 bits per heavy atom. The summed E-state index contributed by atoms with van der Waals surface area (Å²) in [4.78, 5) is 15.2. The molecule has 1 amide bonds. The summed E-state index contributed by atoms with van der Waals surface area (Å²) >= 11 is 0. The zero-order valence-corrected chi connectivity index (χ0v) is 13.9. The Balaban J connectivity index is 1.83. The van der Waals surface area contributed by atoms with Crippen molar-refractivity contribution >= 4 is 5.91 Å². The molecule has 4 nitrogen and oxygen atoms in total. The van der Waals surface area contributed by atoms with Gasteiger partial charge in [0.1, 0.15) is 5.76 Å². The lowest BCUT2D eigenvalue weighted by Crippen LogP contribution is -2.41. The van der Waals surface area contributed by atoms with Gasteiger partial charge < -0.3 is 9.42 Å². The first-order valence-electron chi connectivity index (χ1n) is 8.95. The van der Waals surface area contributed by atoms with Crippen LogP contribution in [0.25, 0.3) is 0 Å². The van der Waals surface area contributed by atoms with Crippen LogP contribution < -0.4 is 0 Å². The molecule has 2 aliphatic rings. The largest absolute Gasteiger partial charge is 0.360 e. The predicted octanol–water partition coefficient (Wildman–Crippen LogP) is 3.98. The molecule has 22 heavy (non-hydrogen) atoms. The summed E-state index contributed by atoms with van der Waals surface area (Å²) in [7, 11) is 0. The second-order valence-electron chi connectivity index (χ2n) is 7.27. The number of aromatic nitrogens is 1. The maximum Gasteiger partial charge on any atom is 0.276 e. The molecule has 0 aromatic carbocycles. The number of carbonyl (C=O) groups is 1. The molecular formula is C18H28N2O2. The van der Waals surface area contributed by atoms with Gasteiger partial charge in [0.25, 0.3) is 5.91 Å². The van der Waals surface area contributed by atoms with Crippen LogP contribution in [0.5, 0.6) is 0 Å². The van der Waals surface area contributed by atoms with E-state index < -0.39 is 0 Å². The van der Waals surface area contributed by atoms with E-state index in [2.05, 4.69) is 23.9 Å². The van der Waals surface area contributed by atoms with Gasteiger partial charge in [-0.3, -0.25) is 4.79 Å². The lowest BCUT2D eigenvalue weighted by atomic mass is 9.95. The fraction of sp³-hybridized carbons (Fsp3) is 0.778. The van der Waals surface area contributed by atoms with Crippen molar-refractivity contribution in [2.45, 2.75) is 77.7 Å². The van der Waals surface area contributed by atoms with Gasteiger partial charge in [0.05, 0.1) is 0 Å². The van der Waals surface area contributed by atoms with Crippen LogP contribution in [0.1, 0.15) is 80.6 Å². The van der Waals surface area contributed by atoms with Gasteiger partial charge in [-0.25, -0.2) is 0 Å². The van der Waals surface area contributed by atoms with Gasteiger partial charge in [-0.05, 0) is 44.4 Å². The first-order chi connectivity index (χ1) is 10.7. The van der Waals surface area contributed by atoms with Crippen LogP contribution in [0.4, 0.5) is 0 Å². The quantitative estimate of drug-likeness (QED) is 0.848. The number of likely N-dealkylation sites (tertiary alicyclic amines) is 1. The van der Waals surface area contributed by atoms with Crippen LogP contribution in [0.3, 0.4) is 0 Å². The van der Waals surface area contributed by atoms with Crippen LogP contribution in [-0.4, -0.2) is 28.6 Å². The fourth-order valence-corrected chi connectivity index (χ4v) is 3.92. The summed E-state index contributed by atoms with van der Waals surface area (Å²) in [5, 5.41) is 4.15. The predicted molar refractivity (Wildman–Crippen MR) is 85.9 cm³/mol. The van der Waals surface area contributed by atoms with Gasteiger partial charge in [-0.15, -0.1) is 0 Å². The molecule has 1 saturated heterocycles. The Morgan fingerprint density at radius 2 is 2.05 bits per heavy atom. The van der Waals surface area contributed by atoms with Crippen LogP contribution in [0, 0.1) is 5.92 Å². The van der Waals surface area contributed by atoms with Crippen molar-refractivity contribution in [2.75, 3.05) is 6.54 Å². The van der Waals surface area contributed by atoms with Crippen molar-refractivity contribution in [1.29, 1.82) is 0 Å². The number of hydrogen-bond acceptors (Lipinski definition) is 3. The van der Waals surface area contributed by atoms with E-state index in [9.17, 15) is 4.79 Å². The standard InChI is InChI=1S/C18H28N2O2/c1-13(2)12-14-8-4-3-7-11-20(14)18(21)17-15-9-5-6-10-16(15)22-19-17/h13-14H,3-12H2,1-2H3. The highest BCUT2D eigenvalue weighted by molar-refractivity contribution is 5.94. The summed E-state index contributed by atoms with van der Waals surface area (Å²) in [6.45, 7) is 5.36. The van der Waals surface area contributed by atoms with Gasteiger partial charge in [-0.2, -0.15) is 0 Å². The van der Waals surface area contributed by atoms with E-state index in [-0.39, 0.29) is 5.91 Å². The van der Waals surface area contributed by atoms with Crippen LogP contribution in [0.15, 0.2) is 4.52 Å². The van der Waals surface area contributed by atoms with Gasteiger partial charge in [0.15, 0.2) is 5.69 Å². The molecule has 0 radical (unpaired) electrons. The second kappa shape index (κ2) is 6.84. The molecule has 1 aromatic rings. The number of fused-ring (bicyclic) bond motifs is 1. The van der Waals surface area contributed by atoms with Crippen LogP contribution in [-0.2, 0) is 12.8 Å². The number of amides is 1. The monoisotopic (exact) mass is 304 g/mol. The van der Waals surface area contributed by atoms with Crippen molar-refractivity contribution in [3.8, 4) is 0 Å². The molecule has 4 heteroatoms. The van der Waals surface area contributed by atoms with E-state index in [4.69, 9.17) is 4.52 Å². The molecule has 3 rings (SSSR count). The Kier molecular flexibility index (Phi) is 4.84. The van der Waals surface area contributed by atoms with E-state index >= 15 is 0 Å². The van der Waals surface area contributed by atoms with Crippen LogP contribution >= 0.6 is 0 Å². The van der Waals surface area contributed by atoms with E-state index in [1.54, 1.807) is 0 Å². The van der Waals surface area contributed by atoms with Crippen molar-refractivity contribution < 1.29 is 9.32 Å². The average Bonchev–Trinajstić information content (AvgIpc) is 2.80. The molecule has 1 atom stereocenters. The number of carbonyl (C=O) groups excluding carboxylic acids is 1. The maximum absolute atomic E-state index is 13.1. The minimum atomic E-state index is 0.111. The topological polar surface area (TPSA) is 46.3 Å². The molecule has 1 aromatic heterocycles. The SMILES string of the molecule is CC(C)CC1CCCCCN1C(=O)c1noc2c1CCCC2. The first-order valence-corrected chi connectivity index (χ1v) is 8.95. The normalized spacial score (nSPS) is 22.5. The average molecular weight is 304 g/mol. The fourth-order valence-electron chi connectivity index (χ4n) is 3.92. The molecule has 0 spiro atoms. The van der Waals surface area contributed by atoms with Gasteiger partial charge >= 0.3 is 0 Å². The number of rotatable bonds is 3. The van der Waals surface area contributed by atoms with Crippen molar-refractivity contribution in [3.63, 3.8) is 0 Å². The van der Waals surface area contributed by atoms with Crippen molar-refractivity contribution in [3.05, 3.63) is 17.0 Å². The molecule has 0 bridgehead atoms. The Bertz CT molecular complexity index is 521. The van der Waals surface area contributed by atoms with Crippen molar-refractivity contribution in [1.82, 2.24) is 10.1 Å². The molecular weight excluding hydrogens is 276 g/mol. The zero-order valence-electron chi connectivity index (χ0n) is 13.9. The third-order valence-electron chi connectivity index (χ3n) is 5.03. The van der Waals surface area contributed by atoms with E-state index in [1.165, 1.54) is 12.8 Å². The highest BCUT2D eigenvalue weighted by atomic mass is 16.5. The zero-order chi connectivity index (χ0) is 15.5. The van der Waals surface area contributed by atoms with Crippen molar-refractivity contribution in [2.24, 2.45) is 5.92 Å². The molecule has 1 unspecified atom stereocenters. The third-order valence-corrected chi connectivity index (χ3v) is 5.03. The molecule has 2 heterocycles. The number of nitrogens with zero attached hydrogens (tertiary/aromatic N) is 2. The van der Waals surface area contributed by atoms with E-state index in [0.29, 0.717) is 17.7 Å². The Labute approximate surface area is 133 Å². The summed E-state index contributed by atoms with van der Waals surface area (Å²) in [6, 6.07) is 0.367. The van der Waals surface area contributed by atoms with Gasteiger partial charge in [0.2, 0.25) is 0 Å². The van der Waals surface area contributed by atoms with Gasteiger partial charge in [0, 0.05) is 24.6 Å². The first kappa shape index (κ1) is 15.6. The minimum Gasteiger partial charge on any atom is -0.360 e. The molecule has 122 valence electrons. The lowest BCUT2D eigenvalue weighted by Gasteiger charge is -2.31. The minimum absolute atomic E-state index is 0.111. The smallest absolute Gasteiger partial charge is 0.276 e. The summed E-state index contributed by atoms with van der Waals surface area (Å²) in [5.74, 6) is 1.67. The maximum atomic E-state index is 13.1. The Hall–Kier alpha value is -1.32. The molecule has 1 aliphatic heterocycles. The van der Waals surface area contributed by atoms with Gasteiger partial charge in [-0.1, -0.05) is 31.8 Å². The summed E-state index contributed by atoms with van der Waals surface area (Å²) in [5.41, 5.74) is 1.69. The lowest BCUT2D eigenvalue weighted by molar-refractivity contribution is 0.0649. The van der Waals surface area contributed by atoms with Crippen LogP contribution in [0.2, 0.25) is 0 Å². The molecule has 1 fully saturated rings. The summed E-state index contributed by atoms with van der Waals surface area (Å²) < 4.78 is 5.45. The molecule has 0 N–H and O–H groups in total. The highest BCUT2D eigenvalue weighted by Crippen LogP contribution is 2.28. The van der Waals surface area contributed by atoms with E-state index in [1.807, 2.05) is 0 Å². The number of aryl methyl sites for hydroxylation is 1. The highest BCUT2D eigenvalue weighted by Gasteiger charge is 2.32. The molecule has 0 saturated carbocycles. The number of hydrogen-bond donors (Lipinski definition) is 0. The third kappa shape index (κ3) is 3.21. The summed E-state index contributed by atoms with van der Waals surface area (Å²) in [6.07, 6.45) is 9.97. The van der Waals surface area contributed by atoms with E-state index in [0.717, 1.165) is 62.8 Å².